The van der Waals surface area contributed by atoms with Crippen LogP contribution < -0.4 is 10.1 Å². The average molecular weight is 253 g/mol. The van der Waals surface area contributed by atoms with Crippen molar-refractivity contribution in [2.24, 2.45) is 0 Å². The molecule has 0 fully saturated rings. The highest BCUT2D eigenvalue weighted by Crippen LogP contribution is 2.25. The van der Waals surface area contributed by atoms with Gasteiger partial charge >= 0.3 is 0 Å². The van der Waals surface area contributed by atoms with E-state index in [9.17, 15) is 5.11 Å². The number of ether oxygens (including phenoxy) is 2. The molecule has 4 heteroatoms. The minimum Gasteiger partial charge on any atom is -0.496 e. The van der Waals surface area contributed by atoms with E-state index in [0.717, 1.165) is 11.3 Å². The van der Waals surface area contributed by atoms with Gasteiger partial charge in [0.1, 0.15) is 5.75 Å². The third-order valence-electron chi connectivity index (χ3n) is 2.87. The summed E-state index contributed by atoms with van der Waals surface area (Å²) in [4.78, 5) is 0. The van der Waals surface area contributed by atoms with Gasteiger partial charge in [0.2, 0.25) is 0 Å². The SMILES string of the molecule is COCC(O)CNC(C)c1ccc(C)cc1OC. The minimum absolute atomic E-state index is 0.118. The van der Waals surface area contributed by atoms with Gasteiger partial charge in [-0.1, -0.05) is 12.1 Å². The Morgan fingerprint density at radius 2 is 2.06 bits per heavy atom. The van der Waals surface area contributed by atoms with Crippen LogP contribution in [0.1, 0.15) is 24.1 Å². The molecule has 0 aromatic heterocycles. The zero-order valence-corrected chi connectivity index (χ0v) is 11.6. The van der Waals surface area contributed by atoms with Crippen LogP contribution in [-0.4, -0.2) is 38.6 Å². The number of benzene rings is 1. The first-order chi connectivity index (χ1) is 8.58. The van der Waals surface area contributed by atoms with Crippen molar-refractivity contribution in [2.75, 3.05) is 27.4 Å². The first-order valence-corrected chi connectivity index (χ1v) is 6.13. The van der Waals surface area contributed by atoms with Gasteiger partial charge in [-0.3, -0.25) is 0 Å². The largest absolute Gasteiger partial charge is 0.496 e. The van der Waals surface area contributed by atoms with Crippen molar-refractivity contribution in [3.63, 3.8) is 0 Å². The fraction of sp³-hybridized carbons (Fsp3) is 0.571. The summed E-state index contributed by atoms with van der Waals surface area (Å²) in [7, 11) is 3.25. The van der Waals surface area contributed by atoms with Crippen LogP contribution in [0.4, 0.5) is 0 Å². The molecule has 18 heavy (non-hydrogen) atoms. The summed E-state index contributed by atoms with van der Waals surface area (Å²) >= 11 is 0. The third kappa shape index (κ3) is 4.29. The van der Waals surface area contributed by atoms with Crippen molar-refractivity contribution in [3.8, 4) is 5.75 Å². The number of aryl methyl sites for hydroxylation is 1. The van der Waals surface area contributed by atoms with Crippen LogP contribution in [0.5, 0.6) is 5.75 Å². The van der Waals surface area contributed by atoms with E-state index in [0.29, 0.717) is 13.2 Å². The van der Waals surface area contributed by atoms with Gasteiger partial charge in [-0.2, -0.15) is 0 Å². The summed E-state index contributed by atoms with van der Waals surface area (Å²) in [6.45, 7) is 4.91. The second-order valence-corrected chi connectivity index (χ2v) is 4.48. The van der Waals surface area contributed by atoms with Crippen molar-refractivity contribution >= 4 is 0 Å². The Hall–Kier alpha value is -1.10. The van der Waals surface area contributed by atoms with E-state index in [-0.39, 0.29) is 6.04 Å². The quantitative estimate of drug-likeness (QED) is 0.776. The molecule has 102 valence electrons. The molecule has 0 aliphatic heterocycles. The van der Waals surface area contributed by atoms with Gasteiger partial charge in [0.25, 0.3) is 0 Å². The lowest BCUT2D eigenvalue weighted by Gasteiger charge is -2.19. The molecule has 1 rings (SSSR count). The van der Waals surface area contributed by atoms with Crippen LogP contribution in [0.2, 0.25) is 0 Å². The molecule has 2 atom stereocenters. The summed E-state index contributed by atoms with van der Waals surface area (Å²) in [6.07, 6.45) is -0.492. The van der Waals surface area contributed by atoms with Crippen LogP contribution >= 0.6 is 0 Å². The Labute approximate surface area is 109 Å². The fourth-order valence-electron chi connectivity index (χ4n) is 1.85. The van der Waals surface area contributed by atoms with Gasteiger partial charge in [-0.15, -0.1) is 0 Å². The van der Waals surface area contributed by atoms with E-state index in [1.807, 2.05) is 19.9 Å². The highest BCUT2D eigenvalue weighted by Gasteiger charge is 2.12. The molecule has 0 bridgehead atoms. The molecule has 4 nitrogen and oxygen atoms in total. The number of hydrogen-bond donors (Lipinski definition) is 2. The number of hydrogen-bond acceptors (Lipinski definition) is 4. The maximum absolute atomic E-state index is 9.60. The number of aliphatic hydroxyl groups excluding tert-OH is 1. The molecule has 0 aliphatic carbocycles. The van der Waals surface area contributed by atoms with Gasteiger partial charge in [-0.25, -0.2) is 0 Å². The molecule has 2 N–H and O–H groups in total. The van der Waals surface area contributed by atoms with Crippen LogP contribution in [0, 0.1) is 6.92 Å². The summed E-state index contributed by atoms with van der Waals surface area (Å²) in [5.41, 5.74) is 2.26. The lowest BCUT2D eigenvalue weighted by Crippen LogP contribution is -2.32. The first-order valence-electron chi connectivity index (χ1n) is 6.13. The Kier molecular flexibility index (Phi) is 6.12. The summed E-state index contributed by atoms with van der Waals surface area (Å²) in [5.74, 6) is 0.872. The molecule has 0 aliphatic rings. The van der Waals surface area contributed by atoms with Crippen molar-refractivity contribution in [2.45, 2.75) is 26.0 Å². The highest BCUT2D eigenvalue weighted by atomic mass is 16.5. The van der Waals surface area contributed by atoms with E-state index in [1.54, 1.807) is 14.2 Å². The Morgan fingerprint density at radius 1 is 1.33 bits per heavy atom. The van der Waals surface area contributed by atoms with Crippen LogP contribution in [0.3, 0.4) is 0 Å². The Morgan fingerprint density at radius 3 is 2.67 bits per heavy atom. The third-order valence-corrected chi connectivity index (χ3v) is 2.87. The van der Waals surface area contributed by atoms with Gasteiger partial charge in [0, 0.05) is 25.3 Å². The molecule has 2 unspecified atom stereocenters. The number of aliphatic hydroxyl groups is 1. The molecule has 0 saturated carbocycles. The van der Waals surface area contributed by atoms with Gasteiger partial charge < -0.3 is 19.9 Å². The zero-order chi connectivity index (χ0) is 13.5. The number of methoxy groups -OCH3 is 2. The Bertz CT molecular complexity index is 368. The van der Waals surface area contributed by atoms with Gasteiger partial charge in [0.15, 0.2) is 0 Å². The number of rotatable bonds is 7. The monoisotopic (exact) mass is 253 g/mol. The lowest BCUT2D eigenvalue weighted by molar-refractivity contribution is 0.0630. The molecular formula is C14H23NO3. The smallest absolute Gasteiger partial charge is 0.123 e. The summed E-state index contributed by atoms with van der Waals surface area (Å²) in [6, 6.07) is 6.24. The average Bonchev–Trinajstić information content (AvgIpc) is 2.36. The first kappa shape index (κ1) is 15.0. The van der Waals surface area contributed by atoms with Crippen molar-refractivity contribution in [1.82, 2.24) is 5.32 Å². The maximum Gasteiger partial charge on any atom is 0.123 e. The van der Waals surface area contributed by atoms with E-state index >= 15 is 0 Å². The second kappa shape index (κ2) is 7.36. The second-order valence-electron chi connectivity index (χ2n) is 4.48. The topological polar surface area (TPSA) is 50.7 Å². The predicted molar refractivity (Wildman–Crippen MR) is 72.0 cm³/mol. The molecule has 1 aromatic carbocycles. The van der Waals surface area contributed by atoms with E-state index < -0.39 is 6.10 Å². The minimum atomic E-state index is -0.492. The highest BCUT2D eigenvalue weighted by molar-refractivity contribution is 5.39. The molecule has 0 heterocycles. The fourth-order valence-corrected chi connectivity index (χ4v) is 1.85. The van der Waals surface area contributed by atoms with Crippen LogP contribution in [0.25, 0.3) is 0 Å². The van der Waals surface area contributed by atoms with Gasteiger partial charge in [-0.05, 0) is 25.5 Å². The predicted octanol–water partition coefficient (Wildman–Crippen LogP) is 1.66. The molecule has 0 radical (unpaired) electrons. The van der Waals surface area contributed by atoms with E-state index in [4.69, 9.17) is 9.47 Å². The normalized spacial score (nSPS) is 14.3. The molecule has 0 saturated heterocycles. The van der Waals surface area contributed by atoms with Crippen molar-refractivity contribution in [1.29, 1.82) is 0 Å². The van der Waals surface area contributed by atoms with Crippen LogP contribution in [0.15, 0.2) is 18.2 Å². The van der Waals surface area contributed by atoms with Crippen molar-refractivity contribution in [3.05, 3.63) is 29.3 Å². The van der Waals surface area contributed by atoms with E-state index in [1.165, 1.54) is 5.56 Å². The lowest BCUT2D eigenvalue weighted by atomic mass is 10.0. The molecule has 0 amide bonds. The van der Waals surface area contributed by atoms with E-state index in [2.05, 4.69) is 17.4 Å². The summed E-state index contributed by atoms with van der Waals surface area (Å²) < 4.78 is 10.3. The zero-order valence-electron chi connectivity index (χ0n) is 11.6. The Balaban J connectivity index is 2.63. The van der Waals surface area contributed by atoms with Crippen LogP contribution in [-0.2, 0) is 4.74 Å². The van der Waals surface area contributed by atoms with Crippen molar-refractivity contribution < 1.29 is 14.6 Å². The maximum atomic E-state index is 9.60. The standard InChI is InChI=1S/C14H23NO3/c1-10-5-6-13(14(7-10)18-4)11(2)15-8-12(16)9-17-3/h5-7,11-12,15-16H,8-9H2,1-4H3. The molecular weight excluding hydrogens is 230 g/mol. The van der Waals surface area contributed by atoms with Gasteiger partial charge in [0.05, 0.1) is 19.8 Å². The molecule has 0 spiro atoms. The molecule has 1 aromatic rings. The number of nitrogens with one attached hydrogen (secondary N) is 1. The summed E-state index contributed by atoms with van der Waals surface area (Å²) in [5, 5.41) is 12.9.